The Balaban J connectivity index is 2.12. The first kappa shape index (κ1) is 12.2. The second kappa shape index (κ2) is 5.38. The number of nitrogens with zero attached hydrogens (tertiary/aromatic N) is 1. The fraction of sp³-hybridized carbons (Fsp3) is 0.0833. The molecule has 5 heteroatoms. The van der Waals surface area contributed by atoms with Gasteiger partial charge in [-0.25, -0.2) is 9.37 Å². The number of nitrogens with two attached hydrogens (primary N) is 1. The van der Waals surface area contributed by atoms with Gasteiger partial charge in [0.1, 0.15) is 10.8 Å². The lowest BCUT2D eigenvalue weighted by Gasteiger charge is -2.05. The zero-order valence-electron chi connectivity index (χ0n) is 8.86. The second-order valence-corrected chi connectivity index (χ2v) is 4.79. The Morgan fingerprint density at radius 2 is 2.18 bits per heavy atom. The first-order chi connectivity index (χ1) is 8.16. The third-order valence-corrected chi connectivity index (χ3v) is 3.61. The van der Waals surface area contributed by atoms with Crippen molar-refractivity contribution in [3.05, 3.63) is 52.9 Å². The van der Waals surface area contributed by atoms with Gasteiger partial charge in [0, 0.05) is 17.0 Å². The van der Waals surface area contributed by atoms with E-state index in [-0.39, 0.29) is 5.82 Å². The Hall–Kier alpha value is -1.26. The summed E-state index contributed by atoms with van der Waals surface area (Å²) in [6.07, 6.45) is 1.67. The molecule has 0 amide bonds. The molecule has 0 spiro atoms. The largest absolute Gasteiger partial charge is 0.397 e. The van der Waals surface area contributed by atoms with Crippen molar-refractivity contribution < 1.29 is 4.39 Å². The van der Waals surface area contributed by atoms with Crippen LogP contribution in [0.25, 0.3) is 0 Å². The van der Waals surface area contributed by atoms with Crippen LogP contribution in [0, 0.1) is 5.82 Å². The lowest BCUT2D eigenvalue weighted by atomic mass is 10.2. The molecule has 0 aliphatic rings. The molecule has 0 atom stereocenters. The SMILES string of the molecule is Nc1cccnc1SCc1cc(F)ccc1Cl. The minimum Gasteiger partial charge on any atom is -0.397 e. The summed E-state index contributed by atoms with van der Waals surface area (Å²) >= 11 is 7.41. The maximum absolute atomic E-state index is 13.0. The monoisotopic (exact) mass is 268 g/mol. The second-order valence-electron chi connectivity index (χ2n) is 3.42. The van der Waals surface area contributed by atoms with E-state index < -0.39 is 0 Å². The van der Waals surface area contributed by atoms with Crippen LogP contribution in [0.1, 0.15) is 5.56 Å². The summed E-state index contributed by atoms with van der Waals surface area (Å²) in [4.78, 5) is 4.15. The van der Waals surface area contributed by atoms with Crippen molar-refractivity contribution in [2.75, 3.05) is 5.73 Å². The molecule has 2 N–H and O–H groups in total. The first-order valence-electron chi connectivity index (χ1n) is 4.94. The maximum atomic E-state index is 13.0. The number of halogens is 2. The van der Waals surface area contributed by atoms with Gasteiger partial charge in [-0.2, -0.15) is 0 Å². The standard InChI is InChI=1S/C12H10ClFN2S/c13-10-4-3-9(14)6-8(10)7-17-12-11(15)2-1-5-16-12/h1-6H,7,15H2. The number of rotatable bonds is 3. The van der Waals surface area contributed by atoms with Crippen LogP contribution >= 0.6 is 23.4 Å². The van der Waals surface area contributed by atoms with Crippen LogP contribution in [0.4, 0.5) is 10.1 Å². The summed E-state index contributed by atoms with van der Waals surface area (Å²) < 4.78 is 13.0. The highest BCUT2D eigenvalue weighted by atomic mass is 35.5. The van der Waals surface area contributed by atoms with Gasteiger partial charge >= 0.3 is 0 Å². The van der Waals surface area contributed by atoms with Gasteiger partial charge in [-0.1, -0.05) is 23.4 Å². The van der Waals surface area contributed by atoms with Crippen LogP contribution in [-0.4, -0.2) is 4.98 Å². The highest BCUT2D eigenvalue weighted by molar-refractivity contribution is 7.98. The molecule has 88 valence electrons. The van der Waals surface area contributed by atoms with Gasteiger partial charge in [0.25, 0.3) is 0 Å². The van der Waals surface area contributed by atoms with E-state index in [1.54, 1.807) is 24.4 Å². The van der Waals surface area contributed by atoms with E-state index >= 15 is 0 Å². The molecule has 0 aliphatic heterocycles. The molecule has 2 rings (SSSR count). The van der Waals surface area contributed by atoms with Gasteiger partial charge < -0.3 is 5.73 Å². The molecular weight excluding hydrogens is 259 g/mol. The number of aromatic nitrogens is 1. The molecule has 0 radical (unpaired) electrons. The van der Waals surface area contributed by atoms with E-state index in [4.69, 9.17) is 17.3 Å². The van der Waals surface area contributed by atoms with E-state index in [2.05, 4.69) is 4.98 Å². The number of hydrogen-bond donors (Lipinski definition) is 1. The van der Waals surface area contributed by atoms with E-state index in [0.717, 1.165) is 10.6 Å². The molecule has 17 heavy (non-hydrogen) atoms. The maximum Gasteiger partial charge on any atom is 0.123 e. The van der Waals surface area contributed by atoms with Crippen molar-refractivity contribution in [3.63, 3.8) is 0 Å². The zero-order valence-corrected chi connectivity index (χ0v) is 10.4. The molecule has 2 nitrogen and oxygen atoms in total. The van der Waals surface area contributed by atoms with E-state index in [1.165, 1.54) is 23.9 Å². The van der Waals surface area contributed by atoms with Crippen LogP contribution in [0.2, 0.25) is 5.02 Å². The predicted octanol–water partition coefficient (Wildman–Crippen LogP) is 3.75. The zero-order chi connectivity index (χ0) is 12.3. The number of nitrogen functional groups attached to an aromatic ring is 1. The smallest absolute Gasteiger partial charge is 0.123 e. The highest BCUT2D eigenvalue weighted by Crippen LogP contribution is 2.28. The van der Waals surface area contributed by atoms with Crippen molar-refractivity contribution in [1.29, 1.82) is 0 Å². The molecule has 0 saturated heterocycles. The number of pyridine rings is 1. The third kappa shape index (κ3) is 3.11. The van der Waals surface area contributed by atoms with Crippen LogP contribution in [0.15, 0.2) is 41.6 Å². The molecule has 1 aromatic heterocycles. The fourth-order valence-electron chi connectivity index (χ4n) is 1.32. The highest BCUT2D eigenvalue weighted by Gasteiger charge is 2.05. The van der Waals surface area contributed by atoms with Crippen molar-refractivity contribution in [2.24, 2.45) is 0 Å². The first-order valence-corrected chi connectivity index (χ1v) is 6.30. The Kier molecular flexibility index (Phi) is 3.86. The topological polar surface area (TPSA) is 38.9 Å². The molecule has 1 heterocycles. The van der Waals surface area contributed by atoms with Crippen LogP contribution < -0.4 is 5.73 Å². The van der Waals surface area contributed by atoms with E-state index in [9.17, 15) is 4.39 Å². The molecule has 0 saturated carbocycles. The lowest BCUT2D eigenvalue weighted by molar-refractivity contribution is 0.626. The van der Waals surface area contributed by atoms with Gasteiger partial charge in [0.15, 0.2) is 0 Å². The Bertz CT molecular complexity index is 534. The van der Waals surface area contributed by atoms with Crippen molar-refractivity contribution in [2.45, 2.75) is 10.8 Å². The number of benzene rings is 1. The van der Waals surface area contributed by atoms with Gasteiger partial charge in [-0.05, 0) is 35.9 Å². The summed E-state index contributed by atoms with van der Waals surface area (Å²) in [5.74, 6) is 0.247. The van der Waals surface area contributed by atoms with Crippen molar-refractivity contribution >= 4 is 29.1 Å². The molecule has 0 unspecified atom stereocenters. The number of hydrogen-bond acceptors (Lipinski definition) is 3. The Morgan fingerprint density at radius 1 is 1.35 bits per heavy atom. The normalized spacial score (nSPS) is 10.5. The number of anilines is 1. The van der Waals surface area contributed by atoms with Crippen molar-refractivity contribution in [1.82, 2.24) is 4.98 Å². The Morgan fingerprint density at radius 3 is 2.94 bits per heavy atom. The quantitative estimate of drug-likeness (QED) is 0.862. The van der Waals surface area contributed by atoms with Gasteiger partial charge in [-0.3, -0.25) is 0 Å². The van der Waals surface area contributed by atoms with Crippen LogP contribution in [0.3, 0.4) is 0 Å². The summed E-state index contributed by atoms with van der Waals surface area (Å²) in [5.41, 5.74) is 7.12. The Labute approximate surface area is 108 Å². The minimum absolute atomic E-state index is 0.293. The summed E-state index contributed by atoms with van der Waals surface area (Å²) in [5, 5.41) is 1.28. The average molecular weight is 269 g/mol. The van der Waals surface area contributed by atoms with Gasteiger partial charge in [0.2, 0.25) is 0 Å². The third-order valence-electron chi connectivity index (χ3n) is 2.17. The summed E-state index contributed by atoms with van der Waals surface area (Å²) in [7, 11) is 0. The van der Waals surface area contributed by atoms with E-state index in [1.807, 2.05) is 0 Å². The molecule has 2 aromatic rings. The summed E-state index contributed by atoms with van der Waals surface area (Å²) in [6.45, 7) is 0. The van der Waals surface area contributed by atoms with Gasteiger partial charge in [0.05, 0.1) is 5.69 Å². The van der Waals surface area contributed by atoms with E-state index in [0.29, 0.717) is 16.5 Å². The number of thioether (sulfide) groups is 1. The minimum atomic E-state index is -0.293. The van der Waals surface area contributed by atoms with Crippen LogP contribution in [0.5, 0.6) is 0 Å². The molecule has 0 bridgehead atoms. The van der Waals surface area contributed by atoms with Gasteiger partial charge in [-0.15, -0.1) is 0 Å². The molecule has 0 fully saturated rings. The fourth-order valence-corrected chi connectivity index (χ4v) is 2.49. The molecule has 0 aliphatic carbocycles. The van der Waals surface area contributed by atoms with Crippen LogP contribution in [-0.2, 0) is 5.75 Å². The molecular formula is C12H10ClFN2S. The predicted molar refractivity (Wildman–Crippen MR) is 69.6 cm³/mol. The van der Waals surface area contributed by atoms with Crippen molar-refractivity contribution in [3.8, 4) is 0 Å². The summed E-state index contributed by atoms with van der Waals surface area (Å²) in [6, 6.07) is 7.87. The lowest BCUT2D eigenvalue weighted by Crippen LogP contribution is -1.92. The average Bonchev–Trinajstić information content (AvgIpc) is 2.32. The molecule has 1 aromatic carbocycles.